The zero-order valence-electron chi connectivity index (χ0n) is 11.4. The topological polar surface area (TPSA) is 130 Å². The van der Waals surface area contributed by atoms with Gasteiger partial charge in [-0.05, 0) is 24.6 Å². The molecule has 1 aromatic carbocycles. The minimum Gasteiger partial charge on any atom is -0.478 e. The molecule has 1 aromatic rings. The van der Waals surface area contributed by atoms with E-state index in [9.17, 15) is 18.0 Å². The van der Waals surface area contributed by atoms with Gasteiger partial charge in [0, 0.05) is 0 Å². The number of sulfonamides is 1. The van der Waals surface area contributed by atoms with E-state index in [4.69, 9.17) is 10.2 Å². The van der Waals surface area contributed by atoms with Gasteiger partial charge < -0.3 is 14.9 Å². The van der Waals surface area contributed by atoms with Crippen LogP contribution >= 0.6 is 0 Å². The number of aliphatic hydroxyl groups is 1. The van der Waals surface area contributed by atoms with Gasteiger partial charge in [-0.15, -0.1) is 0 Å². The molecule has 0 amide bonds. The molecule has 0 aromatic heterocycles. The van der Waals surface area contributed by atoms with Crippen LogP contribution in [0.25, 0.3) is 0 Å². The van der Waals surface area contributed by atoms with Crippen LogP contribution in [0.4, 0.5) is 0 Å². The summed E-state index contributed by atoms with van der Waals surface area (Å²) in [5.74, 6) is -2.22. The first-order valence-electron chi connectivity index (χ1n) is 5.78. The van der Waals surface area contributed by atoms with Crippen molar-refractivity contribution >= 4 is 22.0 Å². The Morgan fingerprint density at radius 2 is 2.00 bits per heavy atom. The van der Waals surface area contributed by atoms with Crippen LogP contribution in [0.5, 0.6) is 0 Å². The lowest BCUT2D eigenvalue weighted by Gasteiger charge is -2.14. The van der Waals surface area contributed by atoms with Gasteiger partial charge in [-0.3, -0.25) is 4.79 Å². The van der Waals surface area contributed by atoms with Crippen molar-refractivity contribution in [1.29, 1.82) is 0 Å². The number of benzene rings is 1. The molecule has 0 bridgehead atoms. The maximum atomic E-state index is 12.1. The molecule has 0 aliphatic carbocycles. The summed E-state index contributed by atoms with van der Waals surface area (Å²) in [5.41, 5.74) is 0.226. The van der Waals surface area contributed by atoms with Crippen LogP contribution in [0, 0.1) is 6.92 Å². The highest BCUT2D eigenvalue weighted by Gasteiger charge is 2.26. The average molecular weight is 317 g/mol. The number of carbonyl (C=O) groups excluding carboxylic acids is 1. The molecule has 8 nitrogen and oxygen atoms in total. The van der Waals surface area contributed by atoms with Crippen LogP contribution in [0.1, 0.15) is 15.9 Å². The number of carboxylic acid groups (broad SMARTS) is 1. The minimum absolute atomic E-state index is 0.170. The summed E-state index contributed by atoms with van der Waals surface area (Å²) in [6, 6.07) is 2.06. The van der Waals surface area contributed by atoms with Crippen molar-refractivity contribution in [3.05, 3.63) is 29.3 Å². The van der Waals surface area contributed by atoms with Crippen molar-refractivity contribution < 1.29 is 33.0 Å². The molecule has 1 rings (SSSR count). The molecule has 0 aliphatic rings. The number of rotatable bonds is 6. The van der Waals surface area contributed by atoms with Crippen LogP contribution in [-0.4, -0.2) is 50.3 Å². The van der Waals surface area contributed by atoms with Gasteiger partial charge in [0.1, 0.15) is 6.04 Å². The minimum atomic E-state index is -4.17. The number of hydrogen-bond acceptors (Lipinski definition) is 6. The Morgan fingerprint density at radius 3 is 2.48 bits per heavy atom. The number of aliphatic hydroxyl groups excluding tert-OH is 1. The Balaban J connectivity index is 3.16. The summed E-state index contributed by atoms with van der Waals surface area (Å²) in [7, 11) is -3.12. The van der Waals surface area contributed by atoms with E-state index in [-0.39, 0.29) is 10.5 Å². The summed E-state index contributed by atoms with van der Waals surface area (Å²) in [5, 5.41) is 18.0. The van der Waals surface area contributed by atoms with Crippen LogP contribution in [0.2, 0.25) is 0 Å². The Bertz CT molecular complexity index is 654. The van der Waals surface area contributed by atoms with Crippen molar-refractivity contribution in [1.82, 2.24) is 4.72 Å². The van der Waals surface area contributed by atoms with E-state index < -0.39 is 34.6 Å². The molecule has 3 N–H and O–H groups in total. The van der Waals surface area contributed by atoms with Gasteiger partial charge in [0.2, 0.25) is 10.0 Å². The summed E-state index contributed by atoms with van der Waals surface area (Å²) < 4.78 is 30.5. The number of aromatic carboxylic acids is 1. The Labute approximate surface area is 121 Å². The molecule has 0 saturated carbocycles. The molecular weight excluding hydrogens is 302 g/mol. The normalized spacial score (nSPS) is 12.7. The Kier molecular flexibility index (Phi) is 5.41. The molecule has 0 fully saturated rings. The van der Waals surface area contributed by atoms with Gasteiger partial charge in [-0.2, -0.15) is 4.72 Å². The molecule has 21 heavy (non-hydrogen) atoms. The van der Waals surface area contributed by atoms with E-state index >= 15 is 0 Å². The highest BCUT2D eigenvalue weighted by molar-refractivity contribution is 7.89. The number of nitrogens with one attached hydrogen (secondary N) is 1. The Hall–Kier alpha value is -1.97. The van der Waals surface area contributed by atoms with Crippen molar-refractivity contribution in [2.45, 2.75) is 17.9 Å². The standard InChI is InChI=1S/C12H15NO7S/c1-7-3-4-8(5-9(7)11(15)16)21(18,19)13-10(6-14)12(17)20-2/h3-5,10,13-14H,6H2,1-2H3,(H,15,16). The van der Waals surface area contributed by atoms with Crippen molar-refractivity contribution in [2.75, 3.05) is 13.7 Å². The van der Waals surface area contributed by atoms with E-state index in [1.54, 1.807) is 0 Å². The molecule has 1 unspecified atom stereocenters. The number of ether oxygens (including phenoxy) is 1. The zero-order chi connectivity index (χ0) is 16.2. The summed E-state index contributed by atoms with van der Waals surface area (Å²) in [6.45, 7) is 0.738. The molecule has 1 atom stereocenters. The second kappa shape index (κ2) is 6.66. The van der Waals surface area contributed by atoms with Gasteiger partial charge in [0.15, 0.2) is 0 Å². The Morgan fingerprint density at radius 1 is 1.38 bits per heavy atom. The second-order valence-electron chi connectivity index (χ2n) is 4.16. The monoisotopic (exact) mass is 317 g/mol. The first kappa shape index (κ1) is 17.1. The van der Waals surface area contributed by atoms with E-state index in [0.717, 1.165) is 13.2 Å². The quantitative estimate of drug-likeness (QED) is 0.603. The molecule has 9 heteroatoms. The highest BCUT2D eigenvalue weighted by Crippen LogP contribution is 2.16. The zero-order valence-corrected chi connectivity index (χ0v) is 12.2. The van der Waals surface area contributed by atoms with Gasteiger partial charge in [-0.1, -0.05) is 6.07 Å². The number of carbonyl (C=O) groups is 2. The fraction of sp³-hybridized carbons (Fsp3) is 0.333. The summed E-state index contributed by atoms with van der Waals surface area (Å²) >= 11 is 0. The van der Waals surface area contributed by atoms with E-state index in [1.807, 2.05) is 4.72 Å². The van der Waals surface area contributed by atoms with Gasteiger partial charge in [0.25, 0.3) is 0 Å². The van der Waals surface area contributed by atoms with Crippen LogP contribution in [0.15, 0.2) is 23.1 Å². The van der Waals surface area contributed by atoms with Crippen molar-refractivity contribution in [3.8, 4) is 0 Å². The third-order valence-electron chi connectivity index (χ3n) is 2.72. The van der Waals surface area contributed by atoms with E-state index in [1.165, 1.54) is 19.1 Å². The largest absolute Gasteiger partial charge is 0.478 e. The number of esters is 1. The fourth-order valence-corrected chi connectivity index (χ4v) is 2.76. The number of aryl methyl sites for hydroxylation is 1. The predicted octanol–water partition coefficient (Wildman–Crippen LogP) is -0.495. The lowest BCUT2D eigenvalue weighted by molar-refractivity contribution is -0.143. The van der Waals surface area contributed by atoms with Gasteiger partial charge in [0.05, 0.1) is 24.2 Å². The maximum absolute atomic E-state index is 12.1. The lowest BCUT2D eigenvalue weighted by atomic mass is 10.1. The molecule has 0 heterocycles. The first-order chi connectivity index (χ1) is 9.72. The molecule has 0 spiro atoms. The molecule has 0 aliphatic heterocycles. The number of carboxylic acids is 1. The molecular formula is C12H15NO7S. The summed E-state index contributed by atoms with van der Waals surface area (Å²) in [6.07, 6.45) is 0. The van der Waals surface area contributed by atoms with Crippen LogP contribution < -0.4 is 4.72 Å². The molecule has 116 valence electrons. The smallest absolute Gasteiger partial charge is 0.335 e. The van der Waals surface area contributed by atoms with Crippen molar-refractivity contribution in [3.63, 3.8) is 0 Å². The lowest BCUT2D eigenvalue weighted by Crippen LogP contribution is -2.43. The highest BCUT2D eigenvalue weighted by atomic mass is 32.2. The van der Waals surface area contributed by atoms with Crippen LogP contribution in [-0.2, 0) is 19.6 Å². The number of hydrogen-bond donors (Lipinski definition) is 3. The molecule has 0 saturated heterocycles. The predicted molar refractivity (Wildman–Crippen MR) is 71.3 cm³/mol. The van der Waals surface area contributed by atoms with Crippen LogP contribution in [0.3, 0.4) is 0 Å². The van der Waals surface area contributed by atoms with Crippen molar-refractivity contribution in [2.24, 2.45) is 0 Å². The summed E-state index contributed by atoms with van der Waals surface area (Å²) in [4.78, 5) is 22.0. The number of methoxy groups -OCH3 is 1. The first-order valence-corrected chi connectivity index (χ1v) is 7.26. The third-order valence-corrected chi connectivity index (χ3v) is 4.18. The third kappa shape index (κ3) is 4.00. The van der Waals surface area contributed by atoms with Gasteiger partial charge in [-0.25, -0.2) is 13.2 Å². The maximum Gasteiger partial charge on any atom is 0.335 e. The second-order valence-corrected chi connectivity index (χ2v) is 5.88. The fourth-order valence-electron chi connectivity index (χ4n) is 1.56. The SMILES string of the molecule is COC(=O)C(CO)NS(=O)(=O)c1ccc(C)c(C(=O)O)c1. The van der Waals surface area contributed by atoms with E-state index in [2.05, 4.69) is 4.74 Å². The van der Waals surface area contributed by atoms with E-state index in [0.29, 0.717) is 5.56 Å². The molecule has 0 radical (unpaired) electrons. The average Bonchev–Trinajstić information content (AvgIpc) is 2.43. The van der Waals surface area contributed by atoms with Gasteiger partial charge >= 0.3 is 11.9 Å².